The van der Waals surface area contributed by atoms with Crippen LogP contribution in [0.15, 0.2) is 18.2 Å². The highest BCUT2D eigenvalue weighted by atomic mass is 16.5. The Bertz CT molecular complexity index is 513. The number of para-hydroxylation sites is 1. The maximum absolute atomic E-state index is 11.1. The number of aromatic hydroxyl groups is 1. The molecule has 0 aromatic heterocycles. The summed E-state index contributed by atoms with van der Waals surface area (Å²) in [5.74, 6) is -1.11. The quantitative estimate of drug-likeness (QED) is 0.288. The smallest absolute Gasteiger partial charge is 0.339 e. The zero-order valence-corrected chi connectivity index (χ0v) is 17.0. The number of carboxylic acids is 1. The van der Waals surface area contributed by atoms with Crippen LogP contribution in [0.25, 0.3) is 0 Å². The summed E-state index contributed by atoms with van der Waals surface area (Å²) in [7, 11) is 0. The summed E-state index contributed by atoms with van der Waals surface area (Å²) in [4.78, 5) is 11.1. The van der Waals surface area contributed by atoms with Crippen molar-refractivity contribution in [2.24, 2.45) is 0 Å². The van der Waals surface area contributed by atoms with Gasteiger partial charge in [0.2, 0.25) is 0 Å². The van der Waals surface area contributed by atoms with Crippen LogP contribution in [-0.2, 0) is 0 Å². The number of hydrogen-bond donors (Lipinski definition) is 2. The molecule has 0 aliphatic rings. The van der Waals surface area contributed by atoms with E-state index in [0.29, 0.717) is 6.61 Å². The summed E-state index contributed by atoms with van der Waals surface area (Å²) in [5.41, 5.74) is 0.0142. The van der Waals surface area contributed by atoms with Crippen molar-refractivity contribution in [2.45, 2.75) is 96.8 Å². The second kappa shape index (κ2) is 15.4. The van der Waals surface area contributed by atoms with E-state index in [2.05, 4.69) is 6.92 Å². The van der Waals surface area contributed by atoms with Gasteiger partial charge in [0.1, 0.15) is 5.56 Å². The molecule has 0 heterocycles. The van der Waals surface area contributed by atoms with Gasteiger partial charge in [0.25, 0.3) is 0 Å². The first kappa shape index (κ1) is 23.3. The number of rotatable bonds is 17. The number of phenols is 1. The lowest BCUT2D eigenvalue weighted by Gasteiger charge is -2.10. The van der Waals surface area contributed by atoms with Crippen LogP contribution in [0.5, 0.6) is 11.5 Å². The number of unbranched alkanes of at least 4 members (excludes halogenated alkanes) is 13. The first-order chi connectivity index (χ1) is 13.2. The summed E-state index contributed by atoms with van der Waals surface area (Å²) in [6.45, 7) is 2.70. The Hall–Kier alpha value is -1.71. The molecule has 154 valence electrons. The van der Waals surface area contributed by atoms with Crippen LogP contribution in [-0.4, -0.2) is 22.8 Å². The van der Waals surface area contributed by atoms with Crippen LogP contribution in [0.3, 0.4) is 0 Å². The van der Waals surface area contributed by atoms with E-state index in [-0.39, 0.29) is 17.1 Å². The Labute approximate surface area is 164 Å². The Morgan fingerprint density at radius 2 is 1.30 bits per heavy atom. The van der Waals surface area contributed by atoms with Gasteiger partial charge in [-0.3, -0.25) is 0 Å². The maximum atomic E-state index is 11.1. The molecule has 0 saturated carbocycles. The molecule has 1 aromatic carbocycles. The van der Waals surface area contributed by atoms with Crippen molar-refractivity contribution in [1.29, 1.82) is 0 Å². The lowest BCUT2D eigenvalue weighted by atomic mass is 10.0. The summed E-state index contributed by atoms with van der Waals surface area (Å²) in [6, 6.07) is 4.41. The average Bonchev–Trinajstić information content (AvgIpc) is 2.65. The van der Waals surface area contributed by atoms with E-state index in [1.165, 1.54) is 95.2 Å². The van der Waals surface area contributed by atoms with Crippen molar-refractivity contribution < 1.29 is 19.7 Å². The third kappa shape index (κ3) is 10.9. The molecule has 0 atom stereocenters. The number of phenolic OH excluding ortho intramolecular Hbond substituents is 1. The lowest BCUT2D eigenvalue weighted by molar-refractivity contribution is 0.0691. The lowest BCUT2D eigenvalue weighted by Crippen LogP contribution is -2.04. The molecule has 1 rings (SSSR count). The van der Waals surface area contributed by atoms with Gasteiger partial charge in [0.05, 0.1) is 6.61 Å². The zero-order valence-electron chi connectivity index (χ0n) is 17.0. The fraction of sp³-hybridized carbons (Fsp3) is 0.696. The van der Waals surface area contributed by atoms with Crippen molar-refractivity contribution >= 4 is 5.97 Å². The van der Waals surface area contributed by atoms with Crippen LogP contribution in [0.2, 0.25) is 0 Å². The molecule has 0 saturated heterocycles. The zero-order chi connectivity index (χ0) is 19.7. The van der Waals surface area contributed by atoms with Gasteiger partial charge in [0.15, 0.2) is 11.5 Å². The Balaban J connectivity index is 1.95. The first-order valence-electron chi connectivity index (χ1n) is 10.8. The average molecular weight is 379 g/mol. The van der Waals surface area contributed by atoms with Gasteiger partial charge in [-0.15, -0.1) is 0 Å². The highest BCUT2D eigenvalue weighted by molar-refractivity contribution is 5.91. The Morgan fingerprint density at radius 1 is 0.815 bits per heavy atom. The van der Waals surface area contributed by atoms with Gasteiger partial charge in [0, 0.05) is 0 Å². The fourth-order valence-corrected chi connectivity index (χ4v) is 3.32. The van der Waals surface area contributed by atoms with E-state index < -0.39 is 5.97 Å². The van der Waals surface area contributed by atoms with Crippen LogP contribution < -0.4 is 4.74 Å². The predicted molar refractivity (Wildman–Crippen MR) is 111 cm³/mol. The van der Waals surface area contributed by atoms with Crippen molar-refractivity contribution in [3.05, 3.63) is 23.8 Å². The maximum Gasteiger partial charge on any atom is 0.339 e. The van der Waals surface area contributed by atoms with E-state index in [9.17, 15) is 9.90 Å². The normalized spacial score (nSPS) is 10.9. The minimum absolute atomic E-state index is 0.0142. The summed E-state index contributed by atoms with van der Waals surface area (Å²) >= 11 is 0. The van der Waals surface area contributed by atoms with Gasteiger partial charge < -0.3 is 14.9 Å². The number of carboxylic acid groups (broad SMARTS) is 1. The molecule has 2 N–H and O–H groups in total. The number of hydrogen-bond acceptors (Lipinski definition) is 3. The Morgan fingerprint density at radius 3 is 1.78 bits per heavy atom. The van der Waals surface area contributed by atoms with E-state index in [1.54, 1.807) is 0 Å². The summed E-state index contributed by atoms with van der Waals surface area (Å²) in [6.07, 6.45) is 18.1. The van der Waals surface area contributed by atoms with E-state index in [0.717, 1.165) is 12.8 Å². The third-order valence-corrected chi connectivity index (χ3v) is 4.97. The first-order valence-corrected chi connectivity index (χ1v) is 10.8. The summed E-state index contributed by atoms with van der Waals surface area (Å²) in [5, 5.41) is 18.9. The van der Waals surface area contributed by atoms with Gasteiger partial charge in [-0.2, -0.15) is 0 Å². The summed E-state index contributed by atoms with van der Waals surface area (Å²) < 4.78 is 5.51. The van der Waals surface area contributed by atoms with Gasteiger partial charge in [-0.05, 0) is 18.6 Å². The van der Waals surface area contributed by atoms with Crippen molar-refractivity contribution in [3.8, 4) is 11.5 Å². The number of carbonyl (C=O) groups is 1. The molecule has 0 radical (unpaired) electrons. The number of benzene rings is 1. The minimum atomic E-state index is -1.08. The molecule has 4 heteroatoms. The van der Waals surface area contributed by atoms with Crippen LogP contribution in [0.4, 0.5) is 0 Å². The largest absolute Gasteiger partial charge is 0.504 e. The molecule has 0 unspecified atom stereocenters. The molecule has 0 fully saturated rings. The van der Waals surface area contributed by atoms with Crippen molar-refractivity contribution in [1.82, 2.24) is 0 Å². The second-order valence-electron chi connectivity index (χ2n) is 7.40. The molecule has 1 aromatic rings. The molecule has 0 aliphatic carbocycles. The topological polar surface area (TPSA) is 66.8 Å². The van der Waals surface area contributed by atoms with Crippen LogP contribution in [0.1, 0.15) is 107 Å². The van der Waals surface area contributed by atoms with E-state index in [1.807, 2.05) is 0 Å². The molecule has 0 aliphatic heterocycles. The molecular formula is C23H38O4. The van der Waals surface area contributed by atoms with Gasteiger partial charge in [-0.25, -0.2) is 4.79 Å². The second-order valence-corrected chi connectivity index (χ2v) is 7.40. The minimum Gasteiger partial charge on any atom is -0.504 e. The van der Waals surface area contributed by atoms with Crippen LogP contribution in [0, 0.1) is 0 Å². The van der Waals surface area contributed by atoms with Crippen molar-refractivity contribution in [3.63, 3.8) is 0 Å². The number of ether oxygens (including phenoxy) is 1. The highest BCUT2D eigenvalue weighted by Gasteiger charge is 2.14. The molecule has 0 spiro atoms. The van der Waals surface area contributed by atoms with Gasteiger partial charge >= 0.3 is 5.97 Å². The Kier molecular flexibility index (Phi) is 13.3. The van der Waals surface area contributed by atoms with E-state index >= 15 is 0 Å². The SMILES string of the molecule is CCCCCCCCCCCCCCCCOc1c(O)cccc1C(=O)O. The third-order valence-electron chi connectivity index (χ3n) is 4.97. The molecular weight excluding hydrogens is 340 g/mol. The number of aromatic carboxylic acids is 1. The fourth-order valence-electron chi connectivity index (χ4n) is 3.32. The molecule has 0 amide bonds. The standard InChI is InChI=1S/C23H38O4/c1-2-3-4-5-6-7-8-9-10-11-12-13-14-15-19-27-22-20(23(25)26)17-16-18-21(22)24/h16-18,24H,2-15,19H2,1H3,(H,25,26). The van der Waals surface area contributed by atoms with Crippen molar-refractivity contribution in [2.75, 3.05) is 6.61 Å². The van der Waals surface area contributed by atoms with Gasteiger partial charge in [-0.1, -0.05) is 96.5 Å². The molecule has 27 heavy (non-hydrogen) atoms. The predicted octanol–water partition coefficient (Wildman–Crippen LogP) is 6.95. The molecule has 4 nitrogen and oxygen atoms in total. The van der Waals surface area contributed by atoms with E-state index in [4.69, 9.17) is 9.84 Å². The van der Waals surface area contributed by atoms with Crippen LogP contribution >= 0.6 is 0 Å². The molecule has 0 bridgehead atoms. The monoisotopic (exact) mass is 378 g/mol. The highest BCUT2D eigenvalue weighted by Crippen LogP contribution is 2.30.